The van der Waals surface area contributed by atoms with Crippen molar-refractivity contribution in [2.45, 2.75) is 76.9 Å². The fourth-order valence-corrected chi connectivity index (χ4v) is 5.58. The smallest absolute Gasteiger partial charge is 0.339 e. The number of aliphatic hydroxyl groups excluding tert-OH is 1. The second-order valence-corrected chi connectivity index (χ2v) is 8.70. The molecule has 26 heavy (non-hydrogen) atoms. The molecule has 1 fully saturated rings. The quantitative estimate of drug-likeness (QED) is 0.714. The number of aliphatic hydroxyl groups is 1. The maximum atomic E-state index is 12.4. The van der Waals surface area contributed by atoms with E-state index in [9.17, 15) is 9.90 Å². The van der Waals surface area contributed by atoms with Gasteiger partial charge < -0.3 is 14.3 Å². The second-order valence-electron chi connectivity index (χ2n) is 8.70. The summed E-state index contributed by atoms with van der Waals surface area (Å²) in [6.45, 7) is 4.23. The SMILES string of the molecule is Cc1c2c(cc3c4c(c(=O)oc13)CCC4)C(O)CC1(CCCC(C)C1)O2. The molecular formula is C22H26O4. The fourth-order valence-electron chi connectivity index (χ4n) is 5.58. The van der Waals surface area contributed by atoms with Crippen LogP contribution in [-0.4, -0.2) is 10.7 Å². The molecule has 1 aromatic heterocycles. The van der Waals surface area contributed by atoms with E-state index in [4.69, 9.17) is 9.15 Å². The van der Waals surface area contributed by atoms with E-state index in [0.717, 1.165) is 71.9 Å². The van der Waals surface area contributed by atoms with E-state index < -0.39 is 6.10 Å². The molecule has 1 aromatic carbocycles. The van der Waals surface area contributed by atoms with Crippen LogP contribution in [0.2, 0.25) is 0 Å². The van der Waals surface area contributed by atoms with Gasteiger partial charge in [-0.25, -0.2) is 4.79 Å². The van der Waals surface area contributed by atoms with Gasteiger partial charge in [0.1, 0.15) is 16.9 Å². The summed E-state index contributed by atoms with van der Waals surface area (Å²) in [5.74, 6) is 1.35. The molecule has 0 radical (unpaired) electrons. The molecule has 0 bridgehead atoms. The Morgan fingerprint density at radius 1 is 1.19 bits per heavy atom. The number of benzene rings is 1. The van der Waals surface area contributed by atoms with Crippen LogP contribution in [0.5, 0.6) is 5.75 Å². The molecule has 2 aliphatic carbocycles. The first-order valence-corrected chi connectivity index (χ1v) is 9.96. The molecule has 4 nitrogen and oxygen atoms in total. The number of ether oxygens (including phenoxy) is 1. The molecule has 1 spiro atoms. The summed E-state index contributed by atoms with van der Waals surface area (Å²) in [6.07, 6.45) is 7.18. The summed E-state index contributed by atoms with van der Waals surface area (Å²) in [5.41, 5.74) is 3.82. The van der Waals surface area contributed by atoms with Crippen LogP contribution in [0, 0.1) is 12.8 Å². The van der Waals surface area contributed by atoms with Gasteiger partial charge in [-0.15, -0.1) is 0 Å². The minimum Gasteiger partial charge on any atom is -0.486 e. The van der Waals surface area contributed by atoms with Gasteiger partial charge in [-0.2, -0.15) is 0 Å². The highest BCUT2D eigenvalue weighted by Crippen LogP contribution is 2.50. The van der Waals surface area contributed by atoms with Gasteiger partial charge in [0.15, 0.2) is 0 Å². The van der Waals surface area contributed by atoms with Crippen LogP contribution in [0.4, 0.5) is 0 Å². The molecule has 3 unspecified atom stereocenters. The standard InChI is InChI=1S/C22H26O4/c1-12-5-4-8-22(10-12)11-18(23)17-9-16-14-6-3-7-15(14)21(24)25-19(16)13(2)20(17)26-22/h9,12,18,23H,3-8,10-11H2,1-2H3. The van der Waals surface area contributed by atoms with Crippen LogP contribution in [0.15, 0.2) is 15.3 Å². The molecule has 138 valence electrons. The van der Waals surface area contributed by atoms with E-state index in [1.807, 2.05) is 13.0 Å². The van der Waals surface area contributed by atoms with Crippen LogP contribution in [-0.2, 0) is 12.8 Å². The van der Waals surface area contributed by atoms with E-state index >= 15 is 0 Å². The predicted molar refractivity (Wildman–Crippen MR) is 99.8 cm³/mol. The third-order valence-electron chi connectivity index (χ3n) is 6.76. The normalized spacial score (nSPS) is 30.3. The second kappa shape index (κ2) is 5.59. The van der Waals surface area contributed by atoms with Crippen LogP contribution < -0.4 is 10.4 Å². The first-order valence-electron chi connectivity index (χ1n) is 9.96. The summed E-state index contributed by atoms with van der Waals surface area (Å²) in [5, 5.41) is 12.0. The summed E-state index contributed by atoms with van der Waals surface area (Å²) in [6, 6.07) is 2.02. The topological polar surface area (TPSA) is 59.7 Å². The average Bonchev–Trinajstić information content (AvgIpc) is 3.08. The third-order valence-corrected chi connectivity index (χ3v) is 6.76. The van der Waals surface area contributed by atoms with Crippen molar-refractivity contribution in [1.82, 2.24) is 0 Å². The lowest BCUT2D eigenvalue weighted by atomic mass is 9.73. The zero-order chi connectivity index (χ0) is 18.1. The van der Waals surface area contributed by atoms with E-state index in [1.54, 1.807) is 0 Å². The highest BCUT2D eigenvalue weighted by atomic mass is 16.5. The van der Waals surface area contributed by atoms with Gasteiger partial charge in [0.2, 0.25) is 0 Å². The summed E-state index contributed by atoms with van der Waals surface area (Å²) < 4.78 is 12.3. The molecule has 1 aliphatic heterocycles. The van der Waals surface area contributed by atoms with E-state index in [-0.39, 0.29) is 11.2 Å². The molecule has 5 rings (SSSR count). The number of rotatable bonds is 0. The maximum Gasteiger partial charge on any atom is 0.339 e. The number of hydrogen-bond acceptors (Lipinski definition) is 4. The van der Waals surface area contributed by atoms with E-state index in [2.05, 4.69) is 6.92 Å². The predicted octanol–water partition coefficient (Wildman–Crippen LogP) is 4.35. The molecular weight excluding hydrogens is 328 g/mol. The summed E-state index contributed by atoms with van der Waals surface area (Å²) >= 11 is 0. The Labute approximate surface area is 153 Å². The zero-order valence-electron chi connectivity index (χ0n) is 15.6. The number of hydrogen-bond donors (Lipinski definition) is 1. The van der Waals surface area contributed by atoms with Crippen LogP contribution in [0.1, 0.15) is 73.8 Å². The summed E-state index contributed by atoms with van der Waals surface area (Å²) in [7, 11) is 0. The molecule has 1 saturated carbocycles. The summed E-state index contributed by atoms with van der Waals surface area (Å²) in [4.78, 5) is 12.4. The van der Waals surface area contributed by atoms with Crippen LogP contribution >= 0.6 is 0 Å². The van der Waals surface area contributed by atoms with Crippen LogP contribution in [0.25, 0.3) is 11.0 Å². The molecule has 4 heteroatoms. The molecule has 3 aliphatic rings. The Morgan fingerprint density at radius 3 is 2.81 bits per heavy atom. The molecule has 2 heterocycles. The van der Waals surface area contributed by atoms with Crippen molar-refractivity contribution < 1.29 is 14.3 Å². The Morgan fingerprint density at radius 2 is 2.00 bits per heavy atom. The van der Waals surface area contributed by atoms with Gasteiger partial charge in [-0.05, 0) is 63.0 Å². The fraction of sp³-hybridized carbons (Fsp3) is 0.591. The number of fused-ring (bicyclic) bond motifs is 4. The minimum atomic E-state index is -0.517. The van der Waals surface area contributed by atoms with Crippen molar-refractivity contribution in [3.8, 4) is 5.75 Å². The first-order chi connectivity index (χ1) is 12.5. The molecule has 3 atom stereocenters. The van der Waals surface area contributed by atoms with Crippen LogP contribution in [0.3, 0.4) is 0 Å². The van der Waals surface area contributed by atoms with Gasteiger partial charge in [0, 0.05) is 28.5 Å². The highest BCUT2D eigenvalue weighted by molar-refractivity contribution is 5.88. The molecule has 0 amide bonds. The van der Waals surface area contributed by atoms with Gasteiger partial charge >= 0.3 is 5.63 Å². The monoisotopic (exact) mass is 354 g/mol. The van der Waals surface area contributed by atoms with Crippen molar-refractivity contribution in [2.24, 2.45) is 5.92 Å². The Balaban J connectivity index is 1.71. The lowest BCUT2D eigenvalue weighted by Gasteiger charge is -2.45. The van der Waals surface area contributed by atoms with E-state index in [1.165, 1.54) is 6.42 Å². The van der Waals surface area contributed by atoms with Gasteiger partial charge in [-0.1, -0.05) is 13.3 Å². The van der Waals surface area contributed by atoms with Gasteiger partial charge in [-0.3, -0.25) is 0 Å². The van der Waals surface area contributed by atoms with Crippen molar-refractivity contribution in [2.75, 3.05) is 0 Å². The van der Waals surface area contributed by atoms with Crippen molar-refractivity contribution in [3.63, 3.8) is 0 Å². The molecule has 0 saturated heterocycles. The van der Waals surface area contributed by atoms with Crippen molar-refractivity contribution in [1.29, 1.82) is 0 Å². The lowest BCUT2D eigenvalue weighted by Crippen LogP contribution is -2.44. The molecule has 2 aromatic rings. The first kappa shape index (κ1) is 16.4. The highest BCUT2D eigenvalue weighted by Gasteiger charge is 2.44. The molecule has 1 N–H and O–H groups in total. The van der Waals surface area contributed by atoms with Crippen molar-refractivity contribution >= 4 is 11.0 Å². The van der Waals surface area contributed by atoms with Gasteiger partial charge in [0.25, 0.3) is 0 Å². The Hall–Kier alpha value is -1.81. The Bertz CT molecular complexity index is 957. The minimum absolute atomic E-state index is 0.203. The maximum absolute atomic E-state index is 12.4. The van der Waals surface area contributed by atoms with Crippen molar-refractivity contribution in [3.05, 3.63) is 38.7 Å². The Kier molecular flexibility index (Phi) is 3.52. The number of aryl methyl sites for hydroxylation is 2. The lowest BCUT2D eigenvalue weighted by molar-refractivity contribution is -0.0499. The van der Waals surface area contributed by atoms with Gasteiger partial charge in [0.05, 0.1) is 6.10 Å². The third kappa shape index (κ3) is 2.27. The zero-order valence-corrected chi connectivity index (χ0v) is 15.6. The largest absolute Gasteiger partial charge is 0.486 e. The van der Waals surface area contributed by atoms with E-state index in [0.29, 0.717) is 17.9 Å². The average molecular weight is 354 g/mol.